The van der Waals surface area contributed by atoms with E-state index in [1.807, 2.05) is 35.2 Å². The van der Waals surface area contributed by atoms with Crippen molar-refractivity contribution in [2.75, 3.05) is 26.2 Å². The van der Waals surface area contributed by atoms with Gasteiger partial charge in [-0.05, 0) is 25.0 Å². The molecule has 1 aromatic carbocycles. The number of carbonyl (C=O) groups is 1. The van der Waals surface area contributed by atoms with E-state index in [1.54, 1.807) is 0 Å². The Labute approximate surface area is 114 Å². The zero-order valence-corrected chi connectivity index (χ0v) is 11.3. The molecule has 1 aliphatic heterocycles. The van der Waals surface area contributed by atoms with Crippen LogP contribution >= 0.6 is 0 Å². The minimum atomic E-state index is 0.173. The summed E-state index contributed by atoms with van der Waals surface area (Å²) in [6.45, 7) is 2.77. The van der Waals surface area contributed by atoms with E-state index in [9.17, 15) is 4.79 Å². The summed E-state index contributed by atoms with van der Waals surface area (Å²) in [7, 11) is 0. The van der Waals surface area contributed by atoms with Crippen LogP contribution in [-0.4, -0.2) is 37.0 Å². The van der Waals surface area contributed by atoms with E-state index in [4.69, 9.17) is 10.5 Å². The van der Waals surface area contributed by atoms with E-state index < -0.39 is 0 Å². The fraction of sp³-hybridized carbons (Fsp3) is 0.533. The third-order valence-electron chi connectivity index (χ3n) is 3.46. The second-order valence-corrected chi connectivity index (χ2v) is 5.01. The molecule has 1 aliphatic rings. The van der Waals surface area contributed by atoms with Gasteiger partial charge in [0.25, 0.3) is 0 Å². The van der Waals surface area contributed by atoms with Crippen LogP contribution in [0.5, 0.6) is 5.75 Å². The maximum Gasteiger partial charge on any atom is 0.223 e. The number of piperidine rings is 1. The van der Waals surface area contributed by atoms with Gasteiger partial charge in [-0.25, -0.2) is 0 Å². The third-order valence-corrected chi connectivity index (χ3v) is 3.46. The van der Waals surface area contributed by atoms with Crippen LogP contribution in [0.2, 0.25) is 0 Å². The minimum absolute atomic E-state index is 0.173. The van der Waals surface area contributed by atoms with Crippen LogP contribution in [0.1, 0.15) is 19.3 Å². The predicted molar refractivity (Wildman–Crippen MR) is 74.9 cm³/mol. The number of amides is 1. The summed E-state index contributed by atoms with van der Waals surface area (Å²) in [5.41, 5.74) is 5.43. The molecule has 0 radical (unpaired) electrons. The summed E-state index contributed by atoms with van der Waals surface area (Å²) in [6, 6.07) is 9.82. The van der Waals surface area contributed by atoms with Crippen LogP contribution in [0.15, 0.2) is 30.3 Å². The SMILES string of the molecule is NCCC(=O)N1CCC[C@H](COc2ccccc2)C1. The van der Waals surface area contributed by atoms with Crippen molar-refractivity contribution in [1.29, 1.82) is 0 Å². The number of benzene rings is 1. The van der Waals surface area contributed by atoms with Gasteiger partial charge in [0.2, 0.25) is 5.91 Å². The van der Waals surface area contributed by atoms with Crippen LogP contribution in [0, 0.1) is 5.92 Å². The first-order valence-electron chi connectivity index (χ1n) is 6.95. The molecule has 0 bridgehead atoms. The standard InChI is InChI=1S/C15H22N2O2/c16-9-8-15(18)17-10-4-5-13(11-17)12-19-14-6-2-1-3-7-14/h1-3,6-7,13H,4-5,8-12,16H2/t13-/m0/s1. The van der Waals surface area contributed by atoms with Gasteiger partial charge in [0.05, 0.1) is 6.61 Å². The van der Waals surface area contributed by atoms with Gasteiger partial charge in [-0.1, -0.05) is 18.2 Å². The summed E-state index contributed by atoms with van der Waals surface area (Å²) in [6.07, 6.45) is 2.63. The van der Waals surface area contributed by atoms with Crippen molar-refractivity contribution in [1.82, 2.24) is 4.90 Å². The van der Waals surface area contributed by atoms with Crippen molar-refractivity contribution in [3.8, 4) is 5.75 Å². The van der Waals surface area contributed by atoms with Gasteiger partial charge in [-0.15, -0.1) is 0 Å². The van der Waals surface area contributed by atoms with E-state index in [0.717, 1.165) is 31.7 Å². The normalized spacial score (nSPS) is 19.2. The quantitative estimate of drug-likeness (QED) is 0.878. The molecule has 0 spiro atoms. The maximum atomic E-state index is 11.8. The van der Waals surface area contributed by atoms with E-state index in [0.29, 0.717) is 25.5 Å². The highest BCUT2D eigenvalue weighted by Gasteiger charge is 2.23. The zero-order chi connectivity index (χ0) is 13.5. The highest BCUT2D eigenvalue weighted by molar-refractivity contribution is 5.76. The topological polar surface area (TPSA) is 55.6 Å². The van der Waals surface area contributed by atoms with Gasteiger partial charge in [-0.3, -0.25) is 4.79 Å². The number of rotatable bonds is 5. The Morgan fingerprint density at radius 1 is 1.37 bits per heavy atom. The smallest absolute Gasteiger partial charge is 0.223 e. The molecule has 1 saturated heterocycles. The molecule has 4 nitrogen and oxygen atoms in total. The molecule has 4 heteroatoms. The first-order valence-corrected chi connectivity index (χ1v) is 6.95. The minimum Gasteiger partial charge on any atom is -0.493 e. The molecule has 0 aliphatic carbocycles. The summed E-state index contributed by atoms with van der Waals surface area (Å²) in [5.74, 6) is 1.50. The van der Waals surface area contributed by atoms with Crippen LogP contribution in [-0.2, 0) is 4.79 Å². The Morgan fingerprint density at radius 2 is 2.16 bits per heavy atom. The van der Waals surface area contributed by atoms with Crippen LogP contribution in [0.4, 0.5) is 0 Å². The summed E-state index contributed by atoms with van der Waals surface area (Å²) >= 11 is 0. The Bertz CT molecular complexity index is 394. The highest BCUT2D eigenvalue weighted by Crippen LogP contribution is 2.19. The Morgan fingerprint density at radius 3 is 2.89 bits per heavy atom. The Hall–Kier alpha value is -1.55. The molecule has 1 atom stereocenters. The second kappa shape index (κ2) is 7.14. The molecule has 104 valence electrons. The van der Waals surface area contributed by atoms with Gasteiger partial charge in [0.15, 0.2) is 0 Å². The molecule has 0 unspecified atom stereocenters. The number of nitrogens with two attached hydrogens (primary N) is 1. The van der Waals surface area contributed by atoms with Crippen LogP contribution < -0.4 is 10.5 Å². The lowest BCUT2D eigenvalue weighted by Crippen LogP contribution is -2.42. The first kappa shape index (κ1) is 13.9. The largest absolute Gasteiger partial charge is 0.493 e. The monoisotopic (exact) mass is 262 g/mol. The second-order valence-electron chi connectivity index (χ2n) is 5.01. The van der Waals surface area contributed by atoms with E-state index in [1.165, 1.54) is 0 Å². The molecule has 2 N–H and O–H groups in total. The summed E-state index contributed by atoms with van der Waals surface area (Å²) in [4.78, 5) is 13.7. The molecule has 19 heavy (non-hydrogen) atoms. The number of hydrogen-bond donors (Lipinski definition) is 1. The fourth-order valence-electron chi connectivity index (χ4n) is 2.44. The van der Waals surface area contributed by atoms with Crippen molar-refractivity contribution in [2.45, 2.75) is 19.3 Å². The summed E-state index contributed by atoms with van der Waals surface area (Å²) in [5, 5.41) is 0. The maximum absolute atomic E-state index is 11.8. The molecule has 1 fully saturated rings. The van der Waals surface area contributed by atoms with Gasteiger partial charge in [0.1, 0.15) is 5.75 Å². The lowest BCUT2D eigenvalue weighted by molar-refractivity contribution is -0.133. The van der Waals surface area contributed by atoms with Crippen LogP contribution in [0.3, 0.4) is 0 Å². The lowest BCUT2D eigenvalue weighted by Gasteiger charge is -2.32. The number of hydrogen-bond acceptors (Lipinski definition) is 3. The fourth-order valence-corrected chi connectivity index (χ4v) is 2.44. The molecular weight excluding hydrogens is 240 g/mol. The Balaban J connectivity index is 1.79. The predicted octanol–water partition coefficient (Wildman–Crippen LogP) is 1.65. The van der Waals surface area contributed by atoms with Crippen LogP contribution in [0.25, 0.3) is 0 Å². The molecule has 1 aromatic rings. The van der Waals surface area contributed by atoms with Crippen molar-refractivity contribution in [3.63, 3.8) is 0 Å². The first-order chi connectivity index (χ1) is 9.29. The van der Waals surface area contributed by atoms with Gasteiger partial charge >= 0.3 is 0 Å². The van der Waals surface area contributed by atoms with Crippen molar-refractivity contribution in [3.05, 3.63) is 30.3 Å². The third kappa shape index (κ3) is 4.24. The van der Waals surface area contributed by atoms with E-state index >= 15 is 0 Å². The van der Waals surface area contributed by atoms with Gasteiger partial charge < -0.3 is 15.4 Å². The molecule has 1 heterocycles. The number of ether oxygens (including phenoxy) is 1. The van der Waals surface area contributed by atoms with Crippen molar-refractivity contribution >= 4 is 5.91 Å². The number of likely N-dealkylation sites (tertiary alicyclic amines) is 1. The highest BCUT2D eigenvalue weighted by atomic mass is 16.5. The van der Waals surface area contributed by atoms with Gasteiger partial charge in [0, 0.05) is 32.0 Å². The van der Waals surface area contributed by atoms with Crippen molar-refractivity contribution < 1.29 is 9.53 Å². The average Bonchev–Trinajstić information content (AvgIpc) is 2.47. The summed E-state index contributed by atoms with van der Waals surface area (Å²) < 4.78 is 5.77. The number of nitrogens with zero attached hydrogens (tertiary/aromatic N) is 1. The molecular formula is C15H22N2O2. The zero-order valence-electron chi connectivity index (χ0n) is 11.3. The lowest BCUT2D eigenvalue weighted by atomic mass is 9.98. The molecule has 0 aromatic heterocycles. The number of carbonyl (C=O) groups excluding carboxylic acids is 1. The van der Waals surface area contributed by atoms with E-state index in [2.05, 4.69) is 0 Å². The molecule has 0 saturated carbocycles. The van der Waals surface area contributed by atoms with Crippen molar-refractivity contribution in [2.24, 2.45) is 11.7 Å². The molecule has 1 amide bonds. The number of para-hydroxylation sites is 1. The molecule has 2 rings (SSSR count). The van der Waals surface area contributed by atoms with Gasteiger partial charge in [-0.2, -0.15) is 0 Å². The average molecular weight is 262 g/mol. The van der Waals surface area contributed by atoms with E-state index in [-0.39, 0.29) is 5.91 Å². The Kier molecular flexibility index (Phi) is 5.21.